The molecule has 0 atom stereocenters. The minimum absolute atomic E-state index is 0.0762. The zero-order valence-electron chi connectivity index (χ0n) is 14.4. The summed E-state index contributed by atoms with van der Waals surface area (Å²) in [4.78, 5) is 31.1. The molecule has 0 saturated heterocycles. The molecule has 1 fully saturated rings. The molecular weight excluding hydrogens is 308 g/mol. The number of rotatable bonds is 4. The molecule has 2 heterocycles. The Bertz CT molecular complexity index is 619. The predicted molar refractivity (Wildman–Crippen MR) is 88.2 cm³/mol. The molecule has 2 N–H and O–H groups in total. The molecule has 1 aliphatic heterocycles. The molecule has 7 nitrogen and oxygen atoms in total. The highest BCUT2D eigenvalue weighted by molar-refractivity contribution is 5.93. The first kappa shape index (κ1) is 17.0. The minimum atomic E-state index is -0.339. The number of aliphatic hydroxyl groups is 1. The van der Waals surface area contributed by atoms with E-state index in [2.05, 4.69) is 10.3 Å². The van der Waals surface area contributed by atoms with Crippen LogP contribution in [0.5, 0.6) is 0 Å². The molecule has 0 unspecified atom stereocenters. The second-order valence-corrected chi connectivity index (χ2v) is 7.27. The Labute approximate surface area is 142 Å². The standard InChI is InChI=1S/C17H26N4O3/c1-11(2)8-18-16(23)15-14-9-20(4-3-5-21(14)10-19-15)17(24)12-6-13(22)7-12/h10-13,22H,3-9H2,1-2H3,(H,18,23). The summed E-state index contributed by atoms with van der Waals surface area (Å²) in [5, 5.41) is 12.3. The summed E-state index contributed by atoms with van der Waals surface area (Å²) < 4.78 is 1.98. The van der Waals surface area contributed by atoms with Crippen LogP contribution in [0.2, 0.25) is 0 Å². The molecule has 132 valence electrons. The Morgan fingerprint density at radius 3 is 2.79 bits per heavy atom. The molecule has 0 aromatic carbocycles. The van der Waals surface area contributed by atoms with E-state index in [0.717, 1.165) is 18.7 Å². The Morgan fingerprint density at radius 1 is 1.38 bits per heavy atom. The maximum atomic E-state index is 12.6. The quantitative estimate of drug-likeness (QED) is 0.851. The maximum absolute atomic E-state index is 12.6. The molecular formula is C17H26N4O3. The SMILES string of the molecule is CC(C)CNC(=O)c1ncn2c1CN(C(=O)C1CC(O)C1)CCC2. The van der Waals surface area contributed by atoms with Crippen LogP contribution in [-0.4, -0.2) is 50.6 Å². The van der Waals surface area contributed by atoms with Crippen LogP contribution in [-0.2, 0) is 17.9 Å². The van der Waals surface area contributed by atoms with Gasteiger partial charge in [-0.15, -0.1) is 0 Å². The number of hydrogen-bond acceptors (Lipinski definition) is 4. The van der Waals surface area contributed by atoms with Gasteiger partial charge in [-0.05, 0) is 25.2 Å². The summed E-state index contributed by atoms with van der Waals surface area (Å²) in [6, 6.07) is 0. The summed E-state index contributed by atoms with van der Waals surface area (Å²) in [6.45, 7) is 6.55. The molecule has 0 radical (unpaired) electrons. The molecule has 1 saturated carbocycles. The van der Waals surface area contributed by atoms with Crippen molar-refractivity contribution in [2.45, 2.75) is 52.3 Å². The first-order valence-corrected chi connectivity index (χ1v) is 8.74. The largest absolute Gasteiger partial charge is 0.393 e. The molecule has 7 heteroatoms. The van der Waals surface area contributed by atoms with Crippen LogP contribution in [0.15, 0.2) is 6.33 Å². The smallest absolute Gasteiger partial charge is 0.271 e. The van der Waals surface area contributed by atoms with Crippen molar-refractivity contribution in [2.24, 2.45) is 11.8 Å². The summed E-state index contributed by atoms with van der Waals surface area (Å²) >= 11 is 0. The van der Waals surface area contributed by atoms with E-state index < -0.39 is 0 Å². The third-order valence-corrected chi connectivity index (χ3v) is 4.77. The lowest BCUT2D eigenvalue weighted by atomic mass is 9.81. The second-order valence-electron chi connectivity index (χ2n) is 7.27. The van der Waals surface area contributed by atoms with Gasteiger partial charge in [0.1, 0.15) is 0 Å². The summed E-state index contributed by atoms with van der Waals surface area (Å²) in [5.41, 5.74) is 1.23. The Kier molecular flexibility index (Phi) is 4.89. The van der Waals surface area contributed by atoms with E-state index in [1.54, 1.807) is 6.33 Å². The second kappa shape index (κ2) is 6.93. The zero-order valence-corrected chi connectivity index (χ0v) is 14.4. The molecule has 2 aliphatic rings. The van der Waals surface area contributed by atoms with E-state index in [-0.39, 0.29) is 23.8 Å². The third kappa shape index (κ3) is 3.45. The lowest BCUT2D eigenvalue weighted by Crippen LogP contribution is -2.43. The number of aliphatic hydroxyl groups excluding tert-OH is 1. The van der Waals surface area contributed by atoms with E-state index in [9.17, 15) is 14.7 Å². The molecule has 1 aliphatic carbocycles. The van der Waals surface area contributed by atoms with Gasteiger partial charge in [0, 0.05) is 25.6 Å². The summed E-state index contributed by atoms with van der Waals surface area (Å²) in [7, 11) is 0. The molecule has 1 aromatic heterocycles. The molecule has 2 amide bonds. The first-order valence-electron chi connectivity index (χ1n) is 8.74. The van der Waals surface area contributed by atoms with Gasteiger partial charge in [0.05, 0.1) is 24.7 Å². The summed E-state index contributed by atoms with van der Waals surface area (Å²) in [5.74, 6) is 0.209. The van der Waals surface area contributed by atoms with Crippen LogP contribution in [0.25, 0.3) is 0 Å². The summed E-state index contributed by atoms with van der Waals surface area (Å²) in [6.07, 6.45) is 3.30. The molecule has 0 spiro atoms. The van der Waals surface area contributed by atoms with Gasteiger partial charge in [-0.2, -0.15) is 0 Å². The average Bonchev–Trinajstić information content (AvgIpc) is 2.79. The van der Waals surface area contributed by atoms with Gasteiger partial charge in [0.2, 0.25) is 5.91 Å². The average molecular weight is 334 g/mol. The van der Waals surface area contributed by atoms with Gasteiger partial charge in [0.15, 0.2) is 5.69 Å². The molecule has 24 heavy (non-hydrogen) atoms. The van der Waals surface area contributed by atoms with Crippen molar-refractivity contribution >= 4 is 11.8 Å². The number of fused-ring (bicyclic) bond motifs is 1. The van der Waals surface area contributed by atoms with E-state index in [1.807, 2.05) is 23.3 Å². The lowest BCUT2D eigenvalue weighted by molar-refractivity contribution is -0.143. The number of carbonyl (C=O) groups is 2. The number of nitrogens with one attached hydrogen (secondary N) is 1. The predicted octanol–water partition coefficient (Wildman–Crippen LogP) is 0.772. The lowest BCUT2D eigenvalue weighted by Gasteiger charge is -2.34. The van der Waals surface area contributed by atoms with Crippen molar-refractivity contribution in [2.75, 3.05) is 13.1 Å². The van der Waals surface area contributed by atoms with Crippen LogP contribution >= 0.6 is 0 Å². The van der Waals surface area contributed by atoms with E-state index in [4.69, 9.17) is 0 Å². The number of amides is 2. The number of nitrogens with zero attached hydrogens (tertiary/aromatic N) is 3. The topological polar surface area (TPSA) is 87.5 Å². The molecule has 0 bridgehead atoms. The van der Waals surface area contributed by atoms with Gasteiger partial charge < -0.3 is 19.9 Å². The normalized spacial score (nSPS) is 23.4. The fourth-order valence-corrected chi connectivity index (χ4v) is 3.26. The molecule has 3 rings (SSSR count). The van der Waals surface area contributed by atoms with Crippen molar-refractivity contribution < 1.29 is 14.7 Å². The number of imidazole rings is 1. The Hall–Kier alpha value is -1.89. The Balaban J connectivity index is 1.73. The number of aryl methyl sites for hydroxylation is 1. The number of carbonyl (C=O) groups excluding carboxylic acids is 2. The zero-order chi connectivity index (χ0) is 17.3. The fourth-order valence-electron chi connectivity index (χ4n) is 3.26. The van der Waals surface area contributed by atoms with Crippen molar-refractivity contribution in [3.63, 3.8) is 0 Å². The van der Waals surface area contributed by atoms with E-state index in [1.165, 1.54) is 0 Å². The highest BCUT2D eigenvalue weighted by Gasteiger charge is 2.36. The van der Waals surface area contributed by atoms with Crippen LogP contribution in [0.1, 0.15) is 49.3 Å². The monoisotopic (exact) mass is 334 g/mol. The van der Waals surface area contributed by atoms with Crippen molar-refractivity contribution in [3.8, 4) is 0 Å². The number of hydrogen-bond donors (Lipinski definition) is 2. The van der Waals surface area contributed by atoms with Crippen molar-refractivity contribution in [1.29, 1.82) is 0 Å². The minimum Gasteiger partial charge on any atom is -0.393 e. The van der Waals surface area contributed by atoms with Crippen LogP contribution in [0, 0.1) is 11.8 Å². The Morgan fingerprint density at radius 2 is 2.12 bits per heavy atom. The van der Waals surface area contributed by atoms with Gasteiger partial charge in [-0.1, -0.05) is 13.8 Å². The number of aromatic nitrogens is 2. The van der Waals surface area contributed by atoms with Crippen molar-refractivity contribution in [1.82, 2.24) is 19.8 Å². The van der Waals surface area contributed by atoms with Crippen LogP contribution in [0.4, 0.5) is 0 Å². The van der Waals surface area contributed by atoms with Crippen LogP contribution in [0.3, 0.4) is 0 Å². The third-order valence-electron chi connectivity index (χ3n) is 4.77. The van der Waals surface area contributed by atoms with Gasteiger partial charge >= 0.3 is 0 Å². The van der Waals surface area contributed by atoms with Gasteiger partial charge in [0.25, 0.3) is 5.91 Å². The van der Waals surface area contributed by atoms with Gasteiger partial charge in [-0.25, -0.2) is 4.98 Å². The molecule has 1 aromatic rings. The fraction of sp³-hybridized carbons (Fsp3) is 0.706. The van der Waals surface area contributed by atoms with Crippen molar-refractivity contribution in [3.05, 3.63) is 17.7 Å². The van der Waals surface area contributed by atoms with E-state index in [0.29, 0.717) is 44.1 Å². The highest BCUT2D eigenvalue weighted by atomic mass is 16.3. The van der Waals surface area contributed by atoms with E-state index >= 15 is 0 Å². The van der Waals surface area contributed by atoms with Crippen LogP contribution < -0.4 is 5.32 Å². The maximum Gasteiger partial charge on any atom is 0.271 e. The van der Waals surface area contributed by atoms with Gasteiger partial charge in [-0.3, -0.25) is 9.59 Å². The first-order chi connectivity index (χ1) is 11.5. The highest BCUT2D eigenvalue weighted by Crippen LogP contribution is 2.30.